The topological polar surface area (TPSA) is 91.3 Å². The Kier molecular flexibility index (Phi) is 5.08. The number of thiazole rings is 1. The van der Waals surface area contributed by atoms with Gasteiger partial charge in [-0.1, -0.05) is 6.92 Å². The lowest BCUT2D eigenvalue weighted by atomic mass is 10.00. The van der Waals surface area contributed by atoms with Crippen molar-refractivity contribution in [1.29, 1.82) is 0 Å². The van der Waals surface area contributed by atoms with Crippen LogP contribution in [0, 0.1) is 0 Å². The summed E-state index contributed by atoms with van der Waals surface area (Å²) < 4.78 is 0. The van der Waals surface area contributed by atoms with Crippen molar-refractivity contribution in [1.82, 2.24) is 15.6 Å². The molecule has 7 heteroatoms. The van der Waals surface area contributed by atoms with E-state index in [-0.39, 0.29) is 0 Å². The van der Waals surface area contributed by atoms with E-state index in [1.165, 1.54) is 18.3 Å². The Hall–Kier alpha value is -1.63. The smallest absolute Gasteiger partial charge is 0.329 e. The summed E-state index contributed by atoms with van der Waals surface area (Å²) in [5.41, 5.74) is -1.23. The number of carbonyl (C=O) groups is 2. The first kappa shape index (κ1) is 14.4. The van der Waals surface area contributed by atoms with Crippen molar-refractivity contribution in [2.24, 2.45) is 0 Å². The zero-order chi connectivity index (χ0) is 13.6. The first-order chi connectivity index (χ1) is 8.48. The molecule has 0 aromatic carbocycles. The van der Waals surface area contributed by atoms with Gasteiger partial charge in [0.1, 0.15) is 5.54 Å². The molecule has 18 heavy (non-hydrogen) atoms. The minimum Gasteiger partial charge on any atom is -0.480 e. The van der Waals surface area contributed by atoms with E-state index < -0.39 is 17.5 Å². The summed E-state index contributed by atoms with van der Waals surface area (Å²) in [6.45, 7) is 3.62. The number of amides is 2. The molecule has 100 valence electrons. The third-order valence-electron chi connectivity index (χ3n) is 2.68. The zero-order valence-corrected chi connectivity index (χ0v) is 11.2. The molecule has 1 aromatic heterocycles. The molecule has 1 rings (SSSR count). The van der Waals surface area contributed by atoms with Crippen LogP contribution in [0.4, 0.5) is 4.79 Å². The van der Waals surface area contributed by atoms with Crippen LogP contribution in [0.5, 0.6) is 0 Å². The minimum atomic E-state index is -1.23. The first-order valence-electron chi connectivity index (χ1n) is 5.65. The number of urea groups is 1. The molecule has 0 fully saturated rings. The highest BCUT2D eigenvalue weighted by atomic mass is 32.1. The summed E-state index contributed by atoms with van der Waals surface area (Å²) in [4.78, 5) is 26.6. The van der Waals surface area contributed by atoms with Gasteiger partial charge >= 0.3 is 12.0 Å². The maximum Gasteiger partial charge on any atom is 0.329 e. The number of nitrogens with zero attached hydrogens (tertiary/aromatic N) is 1. The molecule has 0 spiro atoms. The Morgan fingerprint density at radius 2 is 2.28 bits per heavy atom. The second kappa shape index (κ2) is 6.34. The number of aliphatic carboxylic acids is 1. The van der Waals surface area contributed by atoms with Crippen LogP contribution in [0.3, 0.4) is 0 Å². The van der Waals surface area contributed by atoms with Gasteiger partial charge < -0.3 is 15.7 Å². The molecule has 0 radical (unpaired) electrons. The van der Waals surface area contributed by atoms with E-state index >= 15 is 0 Å². The third kappa shape index (κ3) is 3.99. The number of rotatable bonds is 6. The van der Waals surface area contributed by atoms with Crippen LogP contribution >= 0.6 is 11.3 Å². The Morgan fingerprint density at radius 1 is 1.56 bits per heavy atom. The van der Waals surface area contributed by atoms with Gasteiger partial charge in [-0.25, -0.2) is 14.6 Å². The van der Waals surface area contributed by atoms with E-state index in [9.17, 15) is 9.59 Å². The average Bonchev–Trinajstić information content (AvgIpc) is 2.81. The fraction of sp³-hybridized carbons (Fsp3) is 0.545. The zero-order valence-electron chi connectivity index (χ0n) is 10.4. The molecule has 1 aromatic rings. The fourth-order valence-electron chi connectivity index (χ4n) is 1.25. The minimum absolute atomic E-state index is 0.322. The van der Waals surface area contributed by atoms with Gasteiger partial charge in [0.15, 0.2) is 0 Å². The molecular weight excluding hydrogens is 254 g/mol. The van der Waals surface area contributed by atoms with Crippen molar-refractivity contribution in [3.8, 4) is 0 Å². The van der Waals surface area contributed by atoms with Crippen molar-refractivity contribution in [3.05, 3.63) is 16.6 Å². The van der Waals surface area contributed by atoms with Crippen LogP contribution < -0.4 is 10.6 Å². The van der Waals surface area contributed by atoms with Crippen molar-refractivity contribution in [3.63, 3.8) is 0 Å². The van der Waals surface area contributed by atoms with Crippen LogP contribution in [0.25, 0.3) is 0 Å². The molecule has 0 aliphatic carbocycles. The standard InChI is InChI=1S/C11H17N3O3S/c1-3-11(2,9(15)16)14-10(17)13-5-4-8-12-6-7-18-8/h6-7H,3-5H2,1-2H3,(H,15,16)(H2,13,14,17). The lowest BCUT2D eigenvalue weighted by Gasteiger charge is -2.24. The summed E-state index contributed by atoms with van der Waals surface area (Å²) in [6.07, 6.45) is 2.67. The van der Waals surface area contributed by atoms with E-state index in [1.54, 1.807) is 13.1 Å². The quantitative estimate of drug-likeness (QED) is 0.726. The number of hydrogen-bond acceptors (Lipinski definition) is 4. The molecule has 0 saturated heterocycles. The van der Waals surface area contributed by atoms with E-state index in [1.807, 2.05) is 5.38 Å². The molecule has 6 nitrogen and oxygen atoms in total. The van der Waals surface area contributed by atoms with Crippen LogP contribution in [0.2, 0.25) is 0 Å². The van der Waals surface area contributed by atoms with Gasteiger partial charge in [-0.05, 0) is 13.3 Å². The second-order valence-corrected chi connectivity index (χ2v) is 5.03. The van der Waals surface area contributed by atoms with Gasteiger partial charge in [-0.3, -0.25) is 0 Å². The Labute approximate surface area is 109 Å². The predicted molar refractivity (Wildman–Crippen MR) is 68.7 cm³/mol. The Morgan fingerprint density at radius 3 is 2.78 bits per heavy atom. The molecule has 0 aliphatic rings. The Balaban J connectivity index is 2.35. The van der Waals surface area contributed by atoms with Crippen molar-refractivity contribution < 1.29 is 14.7 Å². The summed E-state index contributed by atoms with van der Waals surface area (Å²) in [6, 6.07) is -0.474. The maximum atomic E-state index is 11.5. The SMILES string of the molecule is CCC(C)(NC(=O)NCCc1nccs1)C(=O)O. The van der Waals surface area contributed by atoms with Crippen molar-refractivity contribution in [2.75, 3.05) is 6.54 Å². The number of hydrogen-bond donors (Lipinski definition) is 3. The number of carbonyl (C=O) groups excluding carboxylic acids is 1. The Bertz CT molecular complexity index is 408. The second-order valence-electron chi connectivity index (χ2n) is 4.05. The van der Waals surface area contributed by atoms with Gasteiger partial charge in [0.05, 0.1) is 5.01 Å². The van der Waals surface area contributed by atoms with Gasteiger partial charge in [-0.2, -0.15) is 0 Å². The highest BCUT2D eigenvalue weighted by Crippen LogP contribution is 2.08. The fourth-order valence-corrected chi connectivity index (χ4v) is 1.87. The predicted octanol–water partition coefficient (Wildman–Crippen LogP) is 1.24. The lowest BCUT2D eigenvalue weighted by molar-refractivity contribution is -0.143. The average molecular weight is 271 g/mol. The molecule has 0 saturated carbocycles. The number of carboxylic acid groups (broad SMARTS) is 1. The third-order valence-corrected chi connectivity index (χ3v) is 3.52. The molecule has 2 amide bonds. The molecule has 0 bridgehead atoms. The van der Waals surface area contributed by atoms with Gasteiger partial charge in [0.25, 0.3) is 0 Å². The molecule has 0 aliphatic heterocycles. The molecule has 3 N–H and O–H groups in total. The number of aromatic nitrogens is 1. The lowest BCUT2D eigenvalue weighted by Crippen LogP contribution is -2.55. The molecule has 1 heterocycles. The summed E-state index contributed by atoms with van der Waals surface area (Å²) in [5.74, 6) is -1.04. The monoisotopic (exact) mass is 271 g/mol. The summed E-state index contributed by atoms with van der Waals surface area (Å²) >= 11 is 1.52. The van der Waals surface area contributed by atoms with E-state index in [4.69, 9.17) is 5.11 Å². The summed E-state index contributed by atoms with van der Waals surface area (Å²) in [7, 11) is 0. The van der Waals surface area contributed by atoms with E-state index in [2.05, 4.69) is 15.6 Å². The van der Waals surface area contributed by atoms with Crippen LogP contribution in [-0.2, 0) is 11.2 Å². The maximum absolute atomic E-state index is 11.5. The molecular formula is C11H17N3O3S. The van der Waals surface area contributed by atoms with Crippen molar-refractivity contribution in [2.45, 2.75) is 32.2 Å². The van der Waals surface area contributed by atoms with Crippen molar-refractivity contribution >= 4 is 23.3 Å². The van der Waals surface area contributed by atoms with E-state index in [0.717, 1.165) is 5.01 Å². The van der Waals surface area contributed by atoms with E-state index in [0.29, 0.717) is 19.4 Å². The van der Waals surface area contributed by atoms with Crippen LogP contribution in [0.15, 0.2) is 11.6 Å². The summed E-state index contributed by atoms with van der Waals surface area (Å²) in [5, 5.41) is 16.9. The normalized spacial score (nSPS) is 13.7. The molecule has 1 atom stereocenters. The van der Waals surface area contributed by atoms with Gasteiger partial charge in [0.2, 0.25) is 0 Å². The van der Waals surface area contributed by atoms with Gasteiger partial charge in [-0.15, -0.1) is 11.3 Å². The van der Waals surface area contributed by atoms with Crippen LogP contribution in [-0.4, -0.2) is 34.2 Å². The largest absolute Gasteiger partial charge is 0.480 e. The van der Waals surface area contributed by atoms with Gasteiger partial charge in [0, 0.05) is 24.5 Å². The first-order valence-corrected chi connectivity index (χ1v) is 6.53. The highest BCUT2D eigenvalue weighted by Gasteiger charge is 2.32. The highest BCUT2D eigenvalue weighted by molar-refractivity contribution is 7.09. The molecule has 1 unspecified atom stereocenters. The number of carboxylic acids is 1. The van der Waals surface area contributed by atoms with Crippen LogP contribution in [0.1, 0.15) is 25.3 Å². The number of nitrogens with one attached hydrogen (secondary N) is 2.